The van der Waals surface area contributed by atoms with Crippen LogP contribution in [0.25, 0.3) is 22.2 Å². The number of nitrogens with zero attached hydrogens (tertiary/aromatic N) is 3. The maximum atomic E-state index is 4.78. The fourth-order valence-corrected chi connectivity index (χ4v) is 2.48. The first-order valence-electron chi connectivity index (χ1n) is 7.08. The number of pyridine rings is 3. The molecule has 106 valence electrons. The van der Waals surface area contributed by atoms with Gasteiger partial charge in [-0.3, -0.25) is 9.97 Å². The number of aromatic nitrogens is 3. The minimum Gasteiger partial charge on any atom is -0.382 e. The zero-order valence-electron chi connectivity index (χ0n) is 12.5. The van der Waals surface area contributed by atoms with Crippen LogP contribution in [0.15, 0.2) is 43.0 Å². The van der Waals surface area contributed by atoms with Crippen molar-refractivity contribution in [1.29, 1.82) is 0 Å². The molecule has 0 aliphatic heterocycles. The molecule has 1 N–H and O–H groups in total. The van der Waals surface area contributed by atoms with Gasteiger partial charge in [-0.2, -0.15) is 0 Å². The number of fused-ring (bicyclic) bond motifs is 1. The standard InChI is InChI=1S/C17H18N4/c1-11(2)20-17-12(3)16(13-4-7-18-8-5-13)21-15-10-19-9-6-14(15)17/h4-11H,1-3H3,(H,20,21). The minimum atomic E-state index is 0.354. The van der Waals surface area contributed by atoms with Crippen molar-refractivity contribution < 1.29 is 0 Å². The summed E-state index contributed by atoms with van der Waals surface area (Å²) >= 11 is 0. The molecule has 0 unspecified atom stereocenters. The van der Waals surface area contributed by atoms with Crippen LogP contribution in [-0.4, -0.2) is 21.0 Å². The van der Waals surface area contributed by atoms with E-state index in [4.69, 9.17) is 4.98 Å². The first kappa shape index (κ1) is 13.5. The highest BCUT2D eigenvalue weighted by molar-refractivity contribution is 5.95. The Hall–Kier alpha value is -2.49. The van der Waals surface area contributed by atoms with Crippen molar-refractivity contribution >= 4 is 16.6 Å². The number of hydrogen-bond acceptors (Lipinski definition) is 4. The monoisotopic (exact) mass is 278 g/mol. The molecule has 0 aliphatic rings. The highest BCUT2D eigenvalue weighted by Gasteiger charge is 2.13. The number of rotatable bonds is 3. The summed E-state index contributed by atoms with van der Waals surface area (Å²) in [5.74, 6) is 0. The van der Waals surface area contributed by atoms with E-state index in [1.807, 2.05) is 24.4 Å². The van der Waals surface area contributed by atoms with E-state index in [0.717, 1.165) is 33.4 Å². The largest absolute Gasteiger partial charge is 0.382 e. The average Bonchev–Trinajstić information content (AvgIpc) is 2.50. The van der Waals surface area contributed by atoms with Crippen LogP contribution >= 0.6 is 0 Å². The SMILES string of the molecule is Cc1c(-c2ccncc2)nc2cnccc2c1NC(C)C. The lowest BCUT2D eigenvalue weighted by Gasteiger charge is -2.18. The van der Waals surface area contributed by atoms with E-state index < -0.39 is 0 Å². The molecule has 0 atom stereocenters. The molecule has 3 aromatic heterocycles. The Morgan fingerprint density at radius 2 is 1.71 bits per heavy atom. The lowest BCUT2D eigenvalue weighted by Crippen LogP contribution is -2.12. The summed E-state index contributed by atoms with van der Waals surface area (Å²) in [6.45, 7) is 6.38. The Morgan fingerprint density at radius 1 is 1.00 bits per heavy atom. The van der Waals surface area contributed by atoms with Gasteiger partial charge < -0.3 is 5.32 Å². The van der Waals surface area contributed by atoms with Crippen LogP contribution in [0.1, 0.15) is 19.4 Å². The first-order valence-corrected chi connectivity index (χ1v) is 7.08. The van der Waals surface area contributed by atoms with E-state index in [0.29, 0.717) is 6.04 Å². The van der Waals surface area contributed by atoms with Gasteiger partial charge in [-0.05, 0) is 44.5 Å². The van der Waals surface area contributed by atoms with Gasteiger partial charge in [0, 0.05) is 41.3 Å². The van der Waals surface area contributed by atoms with E-state index in [1.54, 1.807) is 18.6 Å². The van der Waals surface area contributed by atoms with Gasteiger partial charge >= 0.3 is 0 Å². The number of nitrogens with one attached hydrogen (secondary N) is 1. The van der Waals surface area contributed by atoms with Crippen molar-refractivity contribution in [3.05, 3.63) is 48.5 Å². The van der Waals surface area contributed by atoms with Gasteiger partial charge in [-0.25, -0.2) is 4.98 Å². The molecule has 0 radical (unpaired) electrons. The van der Waals surface area contributed by atoms with Crippen molar-refractivity contribution in [2.75, 3.05) is 5.32 Å². The number of anilines is 1. The minimum absolute atomic E-state index is 0.354. The third-order valence-electron chi connectivity index (χ3n) is 3.42. The van der Waals surface area contributed by atoms with Crippen LogP contribution in [0.2, 0.25) is 0 Å². The van der Waals surface area contributed by atoms with Crippen LogP contribution < -0.4 is 5.32 Å². The van der Waals surface area contributed by atoms with E-state index in [-0.39, 0.29) is 0 Å². The summed E-state index contributed by atoms with van der Waals surface area (Å²) in [6.07, 6.45) is 7.20. The van der Waals surface area contributed by atoms with Crippen LogP contribution in [0.5, 0.6) is 0 Å². The molecule has 4 heteroatoms. The molecule has 0 bridgehead atoms. The van der Waals surface area contributed by atoms with Crippen LogP contribution in [0.3, 0.4) is 0 Å². The second-order valence-corrected chi connectivity index (χ2v) is 5.39. The van der Waals surface area contributed by atoms with Crippen molar-refractivity contribution in [3.8, 4) is 11.3 Å². The zero-order valence-corrected chi connectivity index (χ0v) is 12.5. The third-order valence-corrected chi connectivity index (χ3v) is 3.42. The maximum Gasteiger partial charge on any atom is 0.0913 e. The van der Waals surface area contributed by atoms with Gasteiger partial charge in [0.1, 0.15) is 0 Å². The normalized spacial score (nSPS) is 11.0. The van der Waals surface area contributed by atoms with Gasteiger partial charge in [0.15, 0.2) is 0 Å². The lowest BCUT2D eigenvalue weighted by atomic mass is 10.0. The molecular weight excluding hydrogens is 260 g/mol. The highest BCUT2D eigenvalue weighted by Crippen LogP contribution is 2.33. The molecule has 3 rings (SSSR count). The van der Waals surface area contributed by atoms with E-state index in [1.165, 1.54) is 0 Å². The summed E-state index contributed by atoms with van der Waals surface area (Å²) < 4.78 is 0. The smallest absolute Gasteiger partial charge is 0.0913 e. The summed E-state index contributed by atoms with van der Waals surface area (Å²) in [5.41, 5.74) is 5.22. The highest BCUT2D eigenvalue weighted by atomic mass is 14.9. The molecule has 0 saturated heterocycles. The summed E-state index contributed by atoms with van der Waals surface area (Å²) in [7, 11) is 0. The molecule has 0 amide bonds. The van der Waals surface area contributed by atoms with Crippen molar-refractivity contribution in [1.82, 2.24) is 15.0 Å². The molecule has 3 aromatic rings. The third kappa shape index (κ3) is 2.57. The van der Waals surface area contributed by atoms with E-state index in [9.17, 15) is 0 Å². The second-order valence-electron chi connectivity index (χ2n) is 5.39. The molecule has 0 fully saturated rings. The maximum absolute atomic E-state index is 4.78. The van der Waals surface area contributed by atoms with Crippen LogP contribution in [-0.2, 0) is 0 Å². The molecule has 0 aliphatic carbocycles. The Bertz CT molecular complexity index is 766. The van der Waals surface area contributed by atoms with Crippen molar-refractivity contribution in [2.45, 2.75) is 26.8 Å². The summed E-state index contributed by atoms with van der Waals surface area (Å²) in [4.78, 5) is 13.1. The lowest BCUT2D eigenvalue weighted by molar-refractivity contribution is 0.899. The summed E-state index contributed by atoms with van der Waals surface area (Å²) in [5, 5.41) is 4.65. The average molecular weight is 278 g/mol. The zero-order chi connectivity index (χ0) is 14.8. The number of hydrogen-bond donors (Lipinski definition) is 1. The summed E-state index contributed by atoms with van der Waals surface area (Å²) in [6, 6.07) is 6.33. The molecule has 0 spiro atoms. The molecular formula is C17H18N4. The predicted octanol–water partition coefficient (Wildman–Crippen LogP) is 3.82. The molecule has 0 aromatic carbocycles. The Balaban J connectivity index is 2.29. The van der Waals surface area contributed by atoms with Gasteiger partial charge in [0.05, 0.1) is 17.4 Å². The van der Waals surface area contributed by atoms with Gasteiger partial charge in [0.2, 0.25) is 0 Å². The molecule has 3 heterocycles. The van der Waals surface area contributed by atoms with Crippen molar-refractivity contribution in [3.63, 3.8) is 0 Å². The Morgan fingerprint density at radius 3 is 2.43 bits per heavy atom. The first-order chi connectivity index (χ1) is 10.2. The molecule has 4 nitrogen and oxygen atoms in total. The van der Waals surface area contributed by atoms with Gasteiger partial charge in [0.25, 0.3) is 0 Å². The fraction of sp³-hybridized carbons (Fsp3) is 0.235. The van der Waals surface area contributed by atoms with Crippen LogP contribution in [0.4, 0.5) is 5.69 Å². The van der Waals surface area contributed by atoms with E-state index >= 15 is 0 Å². The Labute approximate surface area is 124 Å². The van der Waals surface area contributed by atoms with Gasteiger partial charge in [-0.1, -0.05) is 0 Å². The predicted molar refractivity (Wildman–Crippen MR) is 86.3 cm³/mol. The fourth-order valence-electron chi connectivity index (χ4n) is 2.48. The molecule has 21 heavy (non-hydrogen) atoms. The van der Waals surface area contributed by atoms with Crippen molar-refractivity contribution in [2.24, 2.45) is 0 Å². The second kappa shape index (κ2) is 5.48. The van der Waals surface area contributed by atoms with E-state index in [2.05, 4.69) is 36.1 Å². The Kier molecular flexibility index (Phi) is 3.52. The quantitative estimate of drug-likeness (QED) is 0.791. The molecule has 0 saturated carbocycles. The topological polar surface area (TPSA) is 50.7 Å². The van der Waals surface area contributed by atoms with Gasteiger partial charge in [-0.15, -0.1) is 0 Å². The van der Waals surface area contributed by atoms with Crippen LogP contribution in [0, 0.1) is 6.92 Å².